The molecule has 0 bridgehead atoms. The molecule has 0 aromatic heterocycles. The Labute approximate surface area is 160 Å². The first-order chi connectivity index (χ1) is 12.9. The molecule has 2 N–H and O–H groups in total. The van der Waals surface area contributed by atoms with Crippen molar-refractivity contribution in [2.45, 2.75) is 62.4 Å². The van der Waals surface area contributed by atoms with Gasteiger partial charge >= 0.3 is 11.8 Å². The minimum Gasteiger partial charge on any atom is -0.348 e. The van der Waals surface area contributed by atoms with E-state index in [0.717, 1.165) is 37.7 Å². The maximum atomic E-state index is 13.0. The zero-order valence-electron chi connectivity index (χ0n) is 15.6. The van der Waals surface area contributed by atoms with Crippen molar-refractivity contribution in [1.29, 1.82) is 0 Å². The molecule has 7 nitrogen and oxygen atoms in total. The van der Waals surface area contributed by atoms with E-state index in [4.69, 9.17) is 0 Å². The molecule has 2 amide bonds. The topological polar surface area (TPSA) is 95.6 Å². The van der Waals surface area contributed by atoms with E-state index in [0.29, 0.717) is 17.9 Å². The summed E-state index contributed by atoms with van der Waals surface area (Å²) in [6.45, 7) is 2.68. The summed E-state index contributed by atoms with van der Waals surface area (Å²) >= 11 is 0. The summed E-state index contributed by atoms with van der Waals surface area (Å²) in [6.07, 6.45) is 4.89. The SMILES string of the molecule is Cc1ccc(S(=O)(=O)N2CCCC[C@@H]2CCNC(=O)C(=O)NC2CC2)cc1. The number of benzene rings is 1. The normalized spacial score (nSPS) is 20.9. The summed E-state index contributed by atoms with van der Waals surface area (Å²) in [5.74, 6) is -1.25. The third-order valence-electron chi connectivity index (χ3n) is 5.08. The van der Waals surface area contributed by atoms with Gasteiger partial charge in [0.15, 0.2) is 0 Å². The van der Waals surface area contributed by atoms with Gasteiger partial charge in [-0.05, 0) is 51.2 Å². The van der Waals surface area contributed by atoms with Gasteiger partial charge in [-0.2, -0.15) is 4.31 Å². The van der Waals surface area contributed by atoms with E-state index in [1.807, 2.05) is 6.92 Å². The molecule has 1 aromatic carbocycles. The number of amides is 2. The Kier molecular flexibility index (Phi) is 6.16. The van der Waals surface area contributed by atoms with Gasteiger partial charge in [0.05, 0.1) is 4.90 Å². The van der Waals surface area contributed by atoms with Crippen LogP contribution in [0.1, 0.15) is 44.1 Å². The van der Waals surface area contributed by atoms with Crippen LogP contribution in [0.2, 0.25) is 0 Å². The van der Waals surface area contributed by atoms with Gasteiger partial charge in [-0.15, -0.1) is 0 Å². The summed E-state index contributed by atoms with van der Waals surface area (Å²) in [4.78, 5) is 23.8. The van der Waals surface area contributed by atoms with Gasteiger partial charge in [0, 0.05) is 25.2 Å². The predicted octanol–water partition coefficient (Wildman–Crippen LogP) is 1.32. The predicted molar refractivity (Wildman–Crippen MR) is 102 cm³/mol. The molecule has 2 aliphatic rings. The second kappa shape index (κ2) is 8.39. The van der Waals surface area contributed by atoms with Crippen molar-refractivity contribution < 1.29 is 18.0 Å². The van der Waals surface area contributed by atoms with Crippen molar-refractivity contribution in [2.24, 2.45) is 0 Å². The molecule has 1 saturated carbocycles. The van der Waals surface area contributed by atoms with Gasteiger partial charge in [-0.25, -0.2) is 8.42 Å². The second-order valence-electron chi connectivity index (χ2n) is 7.37. The molecular formula is C19H27N3O4S. The molecule has 0 radical (unpaired) electrons. The Hall–Kier alpha value is -1.93. The number of nitrogens with one attached hydrogen (secondary N) is 2. The van der Waals surface area contributed by atoms with E-state index in [1.54, 1.807) is 28.6 Å². The van der Waals surface area contributed by atoms with E-state index in [9.17, 15) is 18.0 Å². The van der Waals surface area contributed by atoms with Crippen molar-refractivity contribution in [3.05, 3.63) is 29.8 Å². The Morgan fingerprint density at radius 2 is 1.78 bits per heavy atom. The summed E-state index contributed by atoms with van der Waals surface area (Å²) < 4.78 is 27.6. The van der Waals surface area contributed by atoms with Crippen molar-refractivity contribution in [1.82, 2.24) is 14.9 Å². The van der Waals surface area contributed by atoms with E-state index in [1.165, 1.54) is 0 Å². The molecule has 1 aromatic rings. The fourth-order valence-corrected chi connectivity index (χ4v) is 5.06. The summed E-state index contributed by atoms with van der Waals surface area (Å²) in [5, 5.41) is 5.25. The van der Waals surface area contributed by atoms with Crippen molar-refractivity contribution >= 4 is 21.8 Å². The summed E-state index contributed by atoms with van der Waals surface area (Å²) in [5.41, 5.74) is 1.01. The number of nitrogens with zero attached hydrogens (tertiary/aromatic N) is 1. The Morgan fingerprint density at radius 3 is 2.44 bits per heavy atom. The number of carbonyl (C=O) groups excluding carboxylic acids is 2. The maximum Gasteiger partial charge on any atom is 0.309 e. The van der Waals surface area contributed by atoms with Crippen molar-refractivity contribution in [3.8, 4) is 0 Å². The zero-order valence-corrected chi connectivity index (χ0v) is 16.4. The molecule has 1 saturated heterocycles. The highest BCUT2D eigenvalue weighted by molar-refractivity contribution is 7.89. The summed E-state index contributed by atoms with van der Waals surface area (Å²) in [7, 11) is -3.56. The van der Waals surface area contributed by atoms with E-state index >= 15 is 0 Å². The second-order valence-corrected chi connectivity index (χ2v) is 9.26. The average molecular weight is 394 g/mol. The van der Waals surface area contributed by atoms with Gasteiger partial charge in [0.1, 0.15) is 0 Å². The maximum absolute atomic E-state index is 13.0. The molecule has 27 heavy (non-hydrogen) atoms. The van der Waals surface area contributed by atoms with Crippen LogP contribution in [0, 0.1) is 6.92 Å². The molecule has 1 aliphatic carbocycles. The minimum atomic E-state index is -3.56. The van der Waals surface area contributed by atoms with Gasteiger partial charge in [0.2, 0.25) is 10.0 Å². The number of hydrogen-bond acceptors (Lipinski definition) is 4. The van der Waals surface area contributed by atoms with Crippen LogP contribution in [-0.2, 0) is 19.6 Å². The lowest BCUT2D eigenvalue weighted by molar-refractivity contribution is -0.139. The monoisotopic (exact) mass is 393 g/mol. The van der Waals surface area contributed by atoms with Crippen LogP contribution in [0.15, 0.2) is 29.2 Å². The quantitative estimate of drug-likeness (QED) is 0.713. The largest absolute Gasteiger partial charge is 0.348 e. The number of rotatable bonds is 6. The first-order valence-electron chi connectivity index (χ1n) is 9.55. The smallest absolute Gasteiger partial charge is 0.309 e. The third kappa shape index (κ3) is 5.07. The highest BCUT2D eigenvalue weighted by atomic mass is 32.2. The number of carbonyl (C=O) groups is 2. The van der Waals surface area contributed by atoms with Crippen LogP contribution in [0.4, 0.5) is 0 Å². The van der Waals surface area contributed by atoms with E-state index in [2.05, 4.69) is 10.6 Å². The highest BCUT2D eigenvalue weighted by Gasteiger charge is 2.33. The third-order valence-corrected chi connectivity index (χ3v) is 7.05. The zero-order chi connectivity index (χ0) is 19.4. The Morgan fingerprint density at radius 1 is 1.07 bits per heavy atom. The molecule has 1 aliphatic heterocycles. The Balaban J connectivity index is 1.58. The molecule has 1 atom stereocenters. The minimum absolute atomic E-state index is 0.136. The lowest BCUT2D eigenvalue weighted by Gasteiger charge is -2.34. The molecular weight excluding hydrogens is 366 g/mol. The number of aryl methyl sites for hydroxylation is 1. The van der Waals surface area contributed by atoms with E-state index < -0.39 is 21.8 Å². The number of hydrogen-bond donors (Lipinski definition) is 2. The van der Waals surface area contributed by atoms with Gasteiger partial charge < -0.3 is 10.6 Å². The highest BCUT2D eigenvalue weighted by Crippen LogP contribution is 2.27. The molecule has 0 unspecified atom stereocenters. The van der Waals surface area contributed by atoms with Crippen molar-refractivity contribution in [2.75, 3.05) is 13.1 Å². The fraction of sp³-hybridized carbons (Fsp3) is 0.579. The van der Waals surface area contributed by atoms with Crippen LogP contribution < -0.4 is 10.6 Å². The Bertz CT molecular complexity index is 788. The fourth-order valence-electron chi connectivity index (χ4n) is 3.34. The lowest BCUT2D eigenvalue weighted by Crippen LogP contribution is -2.46. The molecule has 2 fully saturated rings. The number of sulfonamides is 1. The molecule has 0 spiro atoms. The first kappa shape index (κ1) is 19.8. The first-order valence-corrected chi connectivity index (χ1v) is 11.0. The summed E-state index contributed by atoms with van der Waals surface area (Å²) in [6, 6.07) is 6.84. The standard InChI is InChI=1S/C19H27N3O4S/c1-14-5-9-17(10-6-14)27(25,26)22-13-3-2-4-16(22)11-12-20-18(23)19(24)21-15-7-8-15/h5-6,9-10,15-16H,2-4,7-8,11-13H2,1H3,(H,20,23)(H,21,24)/t16-/m1/s1. The molecule has 1 heterocycles. The molecule has 148 valence electrons. The van der Waals surface area contributed by atoms with E-state index in [-0.39, 0.29) is 18.6 Å². The van der Waals surface area contributed by atoms with Gasteiger partial charge in [-0.3, -0.25) is 9.59 Å². The van der Waals surface area contributed by atoms with Crippen molar-refractivity contribution in [3.63, 3.8) is 0 Å². The lowest BCUT2D eigenvalue weighted by atomic mass is 10.0. The van der Waals surface area contributed by atoms with Crippen LogP contribution in [0.25, 0.3) is 0 Å². The number of piperidine rings is 1. The van der Waals surface area contributed by atoms with Gasteiger partial charge in [0.25, 0.3) is 0 Å². The molecule has 3 rings (SSSR count). The van der Waals surface area contributed by atoms with Crippen LogP contribution in [0.3, 0.4) is 0 Å². The average Bonchev–Trinajstić information content (AvgIpc) is 3.46. The van der Waals surface area contributed by atoms with Crippen LogP contribution in [0.5, 0.6) is 0 Å². The van der Waals surface area contributed by atoms with Crippen LogP contribution in [-0.4, -0.2) is 49.7 Å². The van der Waals surface area contributed by atoms with Crippen LogP contribution >= 0.6 is 0 Å². The van der Waals surface area contributed by atoms with Gasteiger partial charge in [-0.1, -0.05) is 24.1 Å². The molecule has 8 heteroatoms.